The number of likely N-dealkylation sites (tertiary alicyclic amines) is 3. The molecule has 0 radical (unpaired) electrons. The molecule has 488 valence electrons. The Labute approximate surface area is 510 Å². The average Bonchev–Trinajstić information content (AvgIpc) is 2.78. The van der Waals surface area contributed by atoms with Crippen molar-refractivity contribution in [3.8, 4) is 0 Å². The molecule has 3 aliphatic rings. The van der Waals surface area contributed by atoms with E-state index >= 15 is 0 Å². The number of hydrogen-bond donors (Lipinski definition) is 15. The molecular weight excluding hydrogens is 1170 g/mol. The highest BCUT2D eigenvalue weighted by Gasteiger charge is 2.44. The van der Waals surface area contributed by atoms with Crippen LogP contribution in [-0.4, -0.2) is 216 Å². The lowest BCUT2D eigenvalue weighted by Gasteiger charge is -2.32. The van der Waals surface area contributed by atoms with Crippen molar-refractivity contribution in [3.05, 3.63) is 36.0 Å². The molecule has 1 aromatic carbocycles. The Bertz CT molecular complexity index is 3010. The largest absolute Gasteiger partial charge is 0.481 e. The van der Waals surface area contributed by atoms with E-state index in [2.05, 4.69) is 42.2 Å². The first-order valence-electron chi connectivity index (χ1n) is 29.3. The molecule has 0 aliphatic carbocycles. The first kappa shape index (κ1) is 70.5. The van der Waals surface area contributed by atoms with Gasteiger partial charge in [-0.25, -0.2) is 4.79 Å². The molecule has 13 amide bonds. The number of carboxylic acid groups (broad SMARTS) is 2. The van der Waals surface area contributed by atoms with Gasteiger partial charge < -0.3 is 95.2 Å². The number of H-pyrrole nitrogens is 1. The molecule has 0 spiro atoms. The molecule has 89 heavy (non-hydrogen) atoms. The highest BCUT2D eigenvalue weighted by Crippen LogP contribution is 2.24. The minimum atomic E-state index is -1.74. The Balaban J connectivity index is 1.23. The zero-order valence-electron chi connectivity index (χ0n) is 49.7. The number of aliphatic hydroxyl groups excluding tert-OH is 1. The zero-order chi connectivity index (χ0) is 66.0. The third kappa shape index (κ3) is 19.9. The number of para-hydroxylation sites is 1. The summed E-state index contributed by atoms with van der Waals surface area (Å²) in [5.41, 5.74) is 23.5. The number of aliphatic carboxylic acids is 2. The number of primary amides is 3. The summed E-state index contributed by atoms with van der Waals surface area (Å²) in [5, 5.41) is 46.9. The zero-order valence-corrected chi connectivity index (χ0v) is 49.7. The number of aromatic amines is 1. The second-order valence-electron chi connectivity index (χ2n) is 22.8. The van der Waals surface area contributed by atoms with Crippen molar-refractivity contribution in [2.45, 2.75) is 177 Å². The normalized spacial score (nSPS) is 19.1. The van der Waals surface area contributed by atoms with Crippen LogP contribution >= 0.6 is 0 Å². The Morgan fingerprint density at radius 3 is 1.54 bits per heavy atom. The van der Waals surface area contributed by atoms with Gasteiger partial charge in [-0.1, -0.05) is 32.0 Å². The number of carboxylic acids is 2. The van der Waals surface area contributed by atoms with Crippen LogP contribution in [0.15, 0.2) is 30.5 Å². The number of aliphatic hydroxyl groups is 1. The van der Waals surface area contributed by atoms with Gasteiger partial charge in [0.25, 0.3) is 0 Å². The first-order valence-corrected chi connectivity index (χ1v) is 29.3. The molecule has 0 bridgehead atoms. The maximum absolute atomic E-state index is 14.5. The number of benzene rings is 1. The fourth-order valence-electron chi connectivity index (χ4n) is 10.9. The van der Waals surface area contributed by atoms with Gasteiger partial charge >= 0.3 is 11.9 Å². The number of nitrogens with two attached hydrogens (primary N) is 4. The second kappa shape index (κ2) is 32.6. The van der Waals surface area contributed by atoms with Crippen LogP contribution in [0.25, 0.3) is 10.9 Å². The first-order chi connectivity index (χ1) is 42.0. The van der Waals surface area contributed by atoms with Gasteiger partial charge in [0.15, 0.2) is 0 Å². The van der Waals surface area contributed by atoms with Gasteiger partial charge in [-0.3, -0.25) is 67.1 Å². The lowest BCUT2D eigenvalue weighted by atomic mass is 10.0. The van der Waals surface area contributed by atoms with Gasteiger partial charge in [-0.05, 0) is 82.3 Å². The maximum Gasteiger partial charge on any atom is 0.326 e. The third-order valence-corrected chi connectivity index (χ3v) is 15.5. The van der Waals surface area contributed by atoms with Gasteiger partial charge in [0.2, 0.25) is 76.8 Å². The lowest BCUT2D eigenvalue weighted by molar-refractivity contribution is -0.144. The molecule has 0 saturated carbocycles. The van der Waals surface area contributed by atoms with Crippen LogP contribution in [0.5, 0.6) is 0 Å². The van der Waals surface area contributed by atoms with Crippen LogP contribution < -0.4 is 60.2 Å². The van der Waals surface area contributed by atoms with E-state index in [4.69, 9.17) is 28.0 Å². The fourth-order valence-corrected chi connectivity index (χ4v) is 10.9. The molecule has 33 heteroatoms. The predicted molar refractivity (Wildman–Crippen MR) is 310 cm³/mol. The van der Waals surface area contributed by atoms with E-state index < -0.39 is 187 Å². The summed E-state index contributed by atoms with van der Waals surface area (Å²) in [6.07, 6.45) is -0.732. The molecular formula is C56H81N15O18. The molecule has 0 unspecified atom stereocenters. The summed E-state index contributed by atoms with van der Waals surface area (Å²) in [7, 11) is 0. The SMILES string of the molecule is CC(C)C[C@H](NC(=O)[C@@H]1CCCN1C(=O)[C@H](CC(N)=O)NC(=O)[C@@H](N)CCC(=O)O)C(=O)N[C@@H](CCC(N)=O)C(=O)N1CCC[C@H]1C(=O)N[C@@H](CC(N)=O)C(=O)N[C@@H](C)C(=O)N1CCC[C@H]1C(=O)N[C@@H](CO)C(=O)N[C@@H](Cc1c[nH]c2ccccc12)C(=O)O. The Morgan fingerprint density at radius 1 is 0.551 bits per heavy atom. The average molecular weight is 1250 g/mol. The summed E-state index contributed by atoms with van der Waals surface area (Å²) in [4.78, 5) is 205. The van der Waals surface area contributed by atoms with Crippen molar-refractivity contribution in [1.82, 2.24) is 56.9 Å². The van der Waals surface area contributed by atoms with Crippen LogP contribution in [0.2, 0.25) is 0 Å². The Kier molecular flexibility index (Phi) is 25.8. The number of carbonyl (C=O) groups is 15. The summed E-state index contributed by atoms with van der Waals surface area (Å²) in [6.45, 7) is 3.67. The monoisotopic (exact) mass is 1250 g/mol. The molecule has 5 rings (SSSR count). The predicted octanol–water partition coefficient (Wildman–Crippen LogP) is -5.57. The van der Waals surface area contributed by atoms with E-state index in [1.54, 1.807) is 44.3 Å². The fraction of sp³-hybridized carbons (Fsp3) is 0.589. The van der Waals surface area contributed by atoms with E-state index in [1.165, 1.54) is 6.92 Å². The van der Waals surface area contributed by atoms with Gasteiger partial charge in [0, 0.05) is 56.0 Å². The third-order valence-electron chi connectivity index (χ3n) is 15.5. The van der Waals surface area contributed by atoms with Crippen LogP contribution in [0.3, 0.4) is 0 Å². The second-order valence-corrected chi connectivity index (χ2v) is 22.8. The van der Waals surface area contributed by atoms with Crippen molar-refractivity contribution in [2.24, 2.45) is 28.9 Å². The molecule has 4 heterocycles. The van der Waals surface area contributed by atoms with Crippen LogP contribution in [-0.2, 0) is 78.3 Å². The van der Waals surface area contributed by atoms with E-state index in [0.29, 0.717) is 12.0 Å². The molecule has 3 fully saturated rings. The van der Waals surface area contributed by atoms with Gasteiger partial charge in [-0.15, -0.1) is 0 Å². The molecule has 3 aliphatic heterocycles. The van der Waals surface area contributed by atoms with Crippen molar-refractivity contribution in [3.63, 3.8) is 0 Å². The number of nitrogens with one attached hydrogen (secondary N) is 8. The summed E-state index contributed by atoms with van der Waals surface area (Å²) < 4.78 is 0. The van der Waals surface area contributed by atoms with Crippen LogP contribution in [0.4, 0.5) is 0 Å². The van der Waals surface area contributed by atoms with Gasteiger partial charge in [0.1, 0.15) is 60.4 Å². The van der Waals surface area contributed by atoms with E-state index in [0.717, 1.165) is 25.6 Å². The lowest BCUT2D eigenvalue weighted by Crippen LogP contribution is -2.60. The number of fused-ring (bicyclic) bond motifs is 1. The highest BCUT2D eigenvalue weighted by atomic mass is 16.4. The molecule has 33 nitrogen and oxygen atoms in total. The van der Waals surface area contributed by atoms with Crippen molar-refractivity contribution in [2.75, 3.05) is 26.2 Å². The molecule has 1 aromatic heterocycles. The highest BCUT2D eigenvalue weighted by molar-refractivity contribution is 6.01. The summed E-state index contributed by atoms with van der Waals surface area (Å²) in [6, 6.07) is -8.88. The number of hydrogen-bond acceptors (Lipinski definition) is 17. The summed E-state index contributed by atoms with van der Waals surface area (Å²) >= 11 is 0. The topological polar surface area (TPSA) is 531 Å². The Morgan fingerprint density at radius 2 is 1.02 bits per heavy atom. The van der Waals surface area contributed by atoms with E-state index in [1.807, 2.05) is 0 Å². The Hall–Kier alpha value is -9.27. The number of rotatable bonds is 33. The minimum Gasteiger partial charge on any atom is -0.481 e. The molecule has 3 saturated heterocycles. The van der Waals surface area contributed by atoms with Gasteiger partial charge in [0.05, 0.1) is 25.5 Å². The molecule has 2 aromatic rings. The van der Waals surface area contributed by atoms with Crippen LogP contribution in [0.1, 0.15) is 110 Å². The smallest absolute Gasteiger partial charge is 0.326 e. The van der Waals surface area contributed by atoms with Crippen molar-refractivity contribution >= 4 is 99.6 Å². The van der Waals surface area contributed by atoms with E-state index in [-0.39, 0.29) is 83.3 Å². The van der Waals surface area contributed by atoms with Crippen molar-refractivity contribution in [1.29, 1.82) is 0 Å². The van der Waals surface area contributed by atoms with Crippen molar-refractivity contribution < 1.29 is 87.2 Å². The number of nitrogens with zero attached hydrogens (tertiary/aromatic N) is 3. The minimum absolute atomic E-state index is 0.000361. The van der Waals surface area contributed by atoms with Crippen LogP contribution in [0, 0.1) is 5.92 Å². The molecule has 19 N–H and O–H groups in total. The standard InChI is InChI=1S/C56H81N15O18/c1-27(2)21-34(64-50(82)41-13-8-20-71(41)55(87)36(24-44(60)75)66-46(78)31(57)14-17-45(76)77)48(80)63-33(15-16-42(58)73)54(86)70-19-7-12-40(70)51(83)65-35(23-43(59)74)47(79)62-28(3)53(85)69-18-6-11-39(69)52(84)68-38(26-72)49(81)67-37(56(88)89)22-29-25-61-32-10-5-4-9-30(29)32/h4-5,9-10,25,27-28,31,33-41,61,72H,6-8,11-24,26,57H2,1-3H3,(H2,58,73)(H2,59,74)(H2,60,75)(H,62,79)(H,63,80)(H,64,82)(H,65,83)(H,66,78)(H,67,81)(H,68,84)(H,76,77)(H,88,89)/t28-,31-,33-,34-,35-,36-,37-,38-,39-,40-,41-/m0/s1. The van der Waals surface area contributed by atoms with E-state index in [9.17, 15) is 82.1 Å². The van der Waals surface area contributed by atoms with Gasteiger partial charge in [-0.2, -0.15) is 0 Å². The maximum atomic E-state index is 14.5. The summed E-state index contributed by atoms with van der Waals surface area (Å²) in [5.74, 6) is -15.0. The number of aromatic nitrogens is 1. The number of amides is 13. The molecule has 11 atom stereocenters. The number of carbonyl (C=O) groups excluding carboxylic acids is 13. The quantitative estimate of drug-likeness (QED) is 0.0317.